The molecule has 1 N–H and O–H groups in total. The molecule has 0 spiro atoms. The second-order valence-electron chi connectivity index (χ2n) is 3.45. The third-order valence-corrected chi connectivity index (χ3v) is 2.29. The predicted octanol–water partition coefficient (Wildman–Crippen LogP) is 2.34. The van der Waals surface area contributed by atoms with Crippen LogP contribution in [0.15, 0.2) is 18.2 Å². The Morgan fingerprint density at radius 3 is 2.65 bits per heavy atom. The van der Waals surface area contributed by atoms with Crippen molar-refractivity contribution in [1.29, 1.82) is 0 Å². The fraction of sp³-hybridized carbons (Fsp3) is 0.400. The molecule has 5 nitrogen and oxygen atoms in total. The minimum atomic E-state index is -2.54. The maximum atomic E-state index is 12.3. The molecule has 1 aromatic carbocycles. The van der Waals surface area contributed by atoms with Crippen molar-refractivity contribution in [3.05, 3.63) is 28.3 Å². The van der Waals surface area contributed by atoms with Gasteiger partial charge in [0.2, 0.25) is 0 Å². The monoisotopic (exact) mass is 245 g/mol. The Hall–Kier alpha value is -1.92. The van der Waals surface area contributed by atoms with E-state index in [1.165, 1.54) is 24.1 Å². The average Bonchev–Trinajstić information content (AvgIpc) is 2.26. The summed E-state index contributed by atoms with van der Waals surface area (Å²) in [5.41, 5.74) is 0.272. The van der Waals surface area contributed by atoms with E-state index in [0.29, 0.717) is 5.69 Å². The third kappa shape index (κ3) is 3.02. The van der Waals surface area contributed by atoms with E-state index in [1.54, 1.807) is 13.1 Å². The number of benzene rings is 1. The minimum absolute atomic E-state index is 0.169. The Morgan fingerprint density at radius 2 is 2.18 bits per heavy atom. The molecule has 0 heterocycles. The van der Waals surface area contributed by atoms with E-state index >= 15 is 0 Å². The first-order valence-corrected chi connectivity index (χ1v) is 4.91. The van der Waals surface area contributed by atoms with Gasteiger partial charge in [-0.1, -0.05) is 6.07 Å². The lowest BCUT2D eigenvalue weighted by atomic mass is 10.2. The zero-order chi connectivity index (χ0) is 13.0. The van der Waals surface area contributed by atoms with E-state index in [9.17, 15) is 18.9 Å². The molecular weight excluding hydrogens is 232 g/mol. The van der Waals surface area contributed by atoms with Crippen molar-refractivity contribution in [1.82, 2.24) is 0 Å². The third-order valence-electron chi connectivity index (χ3n) is 2.29. The summed E-state index contributed by atoms with van der Waals surface area (Å²) < 4.78 is 24.5. The number of nitro benzene ring substituents is 1. The van der Waals surface area contributed by atoms with Crippen molar-refractivity contribution >= 4 is 17.1 Å². The Balaban J connectivity index is 3.18. The number of nitrogens with one attached hydrogen (secondary N) is 1. The topological polar surface area (TPSA) is 58.4 Å². The van der Waals surface area contributed by atoms with Crippen LogP contribution in [-0.4, -0.2) is 32.0 Å². The number of hydrogen-bond donors (Lipinski definition) is 1. The average molecular weight is 245 g/mol. The Labute approximate surface area is 97.2 Å². The zero-order valence-electron chi connectivity index (χ0n) is 9.48. The molecule has 0 aliphatic heterocycles. The first-order chi connectivity index (χ1) is 7.97. The first-order valence-electron chi connectivity index (χ1n) is 4.91. The molecule has 0 aliphatic rings. The van der Waals surface area contributed by atoms with Crippen LogP contribution in [0, 0.1) is 10.1 Å². The van der Waals surface area contributed by atoms with Gasteiger partial charge in [0.25, 0.3) is 6.43 Å². The van der Waals surface area contributed by atoms with Gasteiger partial charge >= 0.3 is 5.69 Å². The van der Waals surface area contributed by atoms with Gasteiger partial charge in [0, 0.05) is 14.1 Å². The number of anilines is 2. The van der Waals surface area contributed by atoms with Crippen LogP contribution in [0.3, 0.4) is 0 Å². The van der Waals surface area contributed by atoms with Crippen molar-refractivity contribution < 1.29 is 13.7 Å². The fourth-order valence-corrected chi connectivity index (χ4v) is 1.54. The molecule has 0 saturated heterocycles. The number of halogens is 2. The van der Waals surface area contributed by atoms with Gasteiger partial charge in [0.15, 0.2) is 0 Å². The highest BCUT2D eigenvalue weighted by molar-refractivity contribution is 5.76. The Bertz CT molecular complexity index is 413. The highest BCUT2D eigenvalue weighted by atomic mass is 19.3. The molecule has 94 valence electrons. The second-order valence-corrected chi connectivity index (χ2v) is 3.45. The number of hydrogen-bond acceptors (Lipinski definition) is 4. The van der Waals surface area contributed by atoms with Gasteiger partial charge < -0.3 is 10.2 Å². The van der Waals surface area contributed by atoms with Crippen LogP contribution < -0.4 is 10.2 Å². The lowest BCUT2D eigenvalue weighted by molar-refractivity contribution is -0.383. The van der Waals surface area contributed by atoms with Crippen LogP contribution in [0.1, 0.15) is 0 Å². The quantitative estimate of drug-likeness (QED) is 0.639. The van der Waals surface area contributed by atoms with Crippen molar-refractivity contribution in [2.45, 2.75) is 6.43 Å². The van der Waals surface area contributed by atoms with Gasteiger partial charge in [-0.25, -0.2) is 8.78 Å². The van der Waals surface area contributed by atoms with Gasteiger partial charge in [-0.2, -0.15) is 0 Å². The summed E-state index contributed by atoms with van der Waals surface area (Å²) in [4.78, 5) is 11.5. The van der Waals surface area contributed by atoms with Crippen LogP contribution in [0.25, 0.3) is 0 Å². The number of alkyl halides is 2. The van der Waals surface area contributed by atoms with Crippen molar-refractivity contribution in [2.24, 2.45) is 0 Å². The van der Waals surface area contributed by atoms with Crippen LogP contribution in [0.5, 0.6) is 0 Å². The second kappa shape index (κ2) is 5.42. The van der Waals surface area contributed by atoms with Gasteiger partial charge in [0.05, 0.1) is 11.5 Å². The number of para-hydroxylation sites is 1. The van der Waals surface area contributed by atoms with Crippen LogP contribution in [-0.2, 0) is 0 Å². The maximum Gasteiger partial charge on any atom is 0.315 e. The van der Waals surface area contributed by atoms with E-state index in [2.05, 4.69) is 5.32 Å². The molecule has 0 fully saturated rings. The van der Waals surface area contributed by atoms with Crippen LogP contribution in [0.4, 0.5) is 25.8 Å². The van der Waals surface area contributed by atoms with Gasteiger partial charge in [-0.05, 0) is 12.1 Å². The molecule has 0 atom stereocenters. The van der Waals surface area contributed by atoms with E-state index in [1.807, 2.05) is 0 Å². The number of rotatable bonds is 5. The highest BCUT2D eigenvalue weighted by Crippen LogP contribution is 2.34. The van der Waals surface area contributed by atoms with Crippen molar-refractivity contribution in [3.8, 4) is 0 Å². The highest BCUT2D eigenvalue weighted by Gasteiger charge is 2.22. The zero-order valence-corrected chi connectivity index (χ0v) is 9.48. The molecule has 0 saturated carbocycles. The molecule has 1 rings (SSSR count). The Kier molecular flexibility index (Phi) is 4.19. The van der Waals surface area contributed by atoms with Gasteiger partial charge in [-0.3, -0.25) is 10.1 Å². The molecule has 7 heteroatoms. The smallest absolute Gasteiger partial charge is 0.315 e. The normalized spacial score (nSPS) is 10.4. The van der Waals surface area contributed by atoms with E-state index in [-0.39, 0.29) is 11.4 Å². The SMILES string of the molecule is CNc1cccc(N(C)CC(F)F)c1[N+](=O)[O-]. The summed E-state index contributed by atoms with van der Waals surface area (Å²) in [6.45, 7) is -0.548. The first kappa shape index (κ1) is 13.1. The molecule has 0 aliphatic carbocycles. The molecule has 0 radical (unpaired) electrons. The molecular formula is C10H13F2N3O2. The molecule has 0 aromatic heterocycles. The lowest BCUT2D eigenvalue weighted by Crippen LogP contribution is -2.24. The Morgan fingerprint density at radius 1 is 1.53 bits per heavy atom. The summed E-state index contributed by atoms with van der Waals surface area (Å²) in [7, 11) is 2.94. The largest absolute Gasteiger partial charge is 0.382 e. The summed E-state index contributed by atoms with van der Waals surface area (Å²) in [5, 5.41) is 13.6. The standard InChI is InChI=1S/C10H13F2N3O2/c1-13-7-4-3-5-8(10(7)15(16)17)14(2)6-9(11)12/h3-5,9,13H,6H2,1-2H3. The number of nitrogens with zero attached hydrogens (tertiary/aromatic N) is 2. The maximum absolute atomic E-state index is 12.3. The van der Waals surface area contributed by atoms with E-state index in [0.717, 1.165) is 0 Å². The molecule has 0 unspecified atom stereocenters. The van der Waals surface area contributed by atoms with Crippen LogP contribution >= 0.6 is 0 Å². The molecule has 17 heavy (non-hydrogen) atoms. The summed E-state index contributed by atoms with van der Waals surface area (Å²) in [5.74, 6) is 0. The molecule has 0 amide bonds. The van der Waals surface area contributed by atoms with Gasteiger partial charge in [-0.15, -0.1) is 0 Å². The van der Waals surface area contributed by atoms with Crippen LogP contribution in [0.2, 0.25) is 0 Å². The molecule has 1 aromatic rings. The number of nitro groups is 1. The van der Waals surface area contributed by atoms with E-state index < -0.39 is 17.9 Å². The fourth-order valence-electron chi connectivity index (χ4n) is 1.54. The van der Waals surface area contributed by atoms with Crippen molar-refractivity contribution in [3.63, 3.8) is 0 Å². The predicted molar refractivity (Wildman–Crippen MR) is 61.9 cm³/mol. The minimum Gasteiger partial charge on any atom is -0.382 e. The van der Waals surface area contributed by atoms with Gasteiger partial charge in [0.1, 0.15) is 11.4 Å². The summed E-state index contributed by atoms with van der Waals surface area (Å²) in [6, 6.07) is 4.55. The molecule has 0 bridgehead atoms. The summed E-state index contributed by atoms with van der Waals surface area (Å²) >= 11 is 0. The summed E-state index contributed by atoms with van der Waals surface area (Å²) in [6.07, 6.45) is -2.54. The van der Waals surface area contributed by atoms with Crippen molar-refractivity contribution in [2.75, 3.05) is 30.9 Å². The lowest BCUT2D eigenvalue weighted by Gasteiger charge is -2.19. The van der Waals surface area contributed by atoms with E-state index in [4.69, 9.17) is 0 Å².